The molecule has 1 fully saturated rings. The lowest BCUT2D eigenvalue weighted by Gasteiger charge is -2.35. The number of likely N-dealkylation sites (tertiary alicyclic amines) is 1. The molecule has 1 aliphatic rings. The maximum absolute atomic E-state index is 13.5. The highest BCUT2D eigenvalue weighted by atomic mass is 19.1. The molecule has 2 N–H and O–H groups in total. The van der Waals surface area contributed by atoms with Crippen LogP contribution in [0, 0.1) is 11.7 Å². The van der Waals surface area contributed by atoms with Crippen molar-refractivity contribution in [1.82, 2.24) is 4.90 Å². The Balaban J connectivity index is 1.41. The standard InChI is InChI=1S/C21H26FNO3/c22-19-8-4-5-9-20(19)26-15-18(24)14-23-12-10-17(11-13-23)21(25)16-6-2-1-3-7-16/h1-9,17-18,21,24-25H,10-15H2. The van der Waals surface area contributed by atoms with Crippen LogP contribution in [0.4, 0.5) is 4.39 Å². The molecule has 0 aliphatic carbocycles. The second-order valence-corrected chi connectivity index (χ2v) is 6.89. The number of para-hydroxylation sites is 1. The van der Waals surface area contributed by atoms with E-state index < -0.39 is 18.0 Å². The third-order valence-electron chi connectivity index (χ3n) is 4.96. The van der Waals surface area contributed by atoms with E-state index in [9.17, 15) is 14.6 Å². The number of aliphatic hydroxyl groups excluding tert-OH is 2. The smallest absolute Gasteiger partial charge is 0.165 e. The van der Waals surface area contributed by atoms with Gasteiger partial charge in [0.2, 0.25) is 0 Å². The van der Waals surface area contributed by atoms with Crippen LogP contribution < -0.4 is 4.74 Å². The minimum absolute atomic E-state index is 0.0630. The van der Waals surface area contributed by atoms with Crippen LogP contribution in [-0.4, -0.2) is 47.5 Å². The first-order valence-electron chi connectivity index (χ1n) is 9.14. The van der Waals surface area contributed by atoms with Gasteiger partial charge in [-0.05, 0) is 49.5 Å². The van der Waals surface area contributed by atoms with Crippen LogP contribution in [0.2, 0.25) is 0 Å². The van der Waals surface area contributed by atoms with Gasteiger partial charge in [0, 0.05) is 6.54 Å². The molecule has 26 heavy (non-hydrogen) atoms. The fourth-order valence-corrected chi connectivity index (χ4v) is 3.47. The molecule has 1 aliphatic heterocycles. The van der Waals surface area contributed by atoms with Crippen molar-refractivity contribution in [3.05, 3.63) is 66.0 Å². The molecule has 0 bridgehead atoms. The van der Waals surface area contributed by atoms with Crippen molar-refractivity contribution in [1.29, 1.82) is 0 Å². The summed E-state index contributed by atoms with van der Waals surface area (Å²) in [7, 11) is 0. The van der Waals surface area contributed by atoms with Crippen LogP contribution >= 0.6 is 0 Å². The average molecular weight is 359 g/mol. The molecule has 0 saturated carbocycles. The molecular formula is C21H26FNO3. The molecule has 2 aromatic carbocycles. The number of benzene rings is 2. The SMILES string of the molecule is OC(COc1ccccc1F)CN1CCC(C(O)c2ccccc2)CC1. The molecule has 2 atom stereocenters. The minimum Gasteiger partial charge on any atom is -0.488 e. The molecule has 140 valence electrons. The van der Waals surface area contributed by atoms with Gasteiger partial charge in [-0.2, -0.15) is 0 Å². The largest absolute Gasteiger partial charge is 0.488 e. The highest BCUT2D eigenvalue weighted by Crippen LogP contribution is 2.30. The number of nitrogens with zero attached hydrogens (tertiary/aromatic N) is 1. The first-order chi connectivity index (χ1) is 12.6. The first kappa shape index (κ1) is 18.8. The maximum atomic E-state index is 13.5. The monoisotopic (exact) mass is 359 g/mol. The first-order valence-corrected chi connectivity index (χ1v) is 9.14. The fourth-order valence-electron chi connectivity index (χ4n) is 3.47. The number of piperidine rings is 1. The third kappa shape index (κ3) is 5.04. The number of ether oxygens (including phenoxy) is 1. The van der Waals surface area contributed by atoms with Gasteiger partial charge in [-0.1, -0.05) is 42.5 Å². The van der Waals surface area contributed by atoms with Crippen LogP contribution in [0.25, 0.3) is 0 Å². The Kier molecular flexibility index (Phi) is 6.61. The summed E-state index contributed by atoms with van der Waals surface area (Å²) in [5, 5.41) is 20.7. The summed E-state index contributed by atoms with van der Waals surface area (Å²) in [5.74, 6) is -0.0212. The zero-order chi connectivity index (χ0) is 18.4. The lowest BCUT2D eigenvalue weighted by molar-refractivity contribution is 0.0274. The number of β-amino-alcohol motifs (C(OH)–C–C–N with tert-alkyl or cyclic N) is 1. The zero-order valence-electron chi connectivity index (χ0n) is 14.8. The molecule has 5 heteroatoms. The number of hydrogen-bond acceptors (Lipinski definition) is 4. The van der Waals surface area contributed by atoms with Gasteiger partial charge in [0.1, 0.15) is 12.7 Å². The summed E-state index contributed by atoms with van der Waals surface area (Å²) in [4.78, 5) is 2.17. The van der Waals surface area contributed by atoms with Crippen molar-refractivity contribution >= 4 is 0 Å². The predicted octanol–water partition coefficient (Wildman–Crippen LogP) is 3.01. The van der Waals surface area contributed by atoms with Gasteiger partial charge >= 0.3 is 0 Å². The Labute approximate surface area is 153 Å². The highest BCUT2D eigenvalue weighted by molar-refractivity contribution is 5.23. The van der Waals surface area contributed by atoms with Crippen LogP contribution in [0.5, 0.6) is 5.75 Å². The number of hydrogen-bond donors (Lipinski definition) is 2. The van der Waals surface area contributed by atoms with Gasteiger partial charge in [-0.25, -0.2) is 4.39 Å². The fraction of sp³-hybridized carbons (Fsp3) is 0.429. The van der Waals surface area contributed by atoms with Gasteiger partial charge in [-0.3, -0.25) is 0 Å². The second-order valence-electron chi connectivity index (χ2n) is 6.89. The Morgan fingerprint density at radius 1 is 1.00 bits per heavy atom. The normalized spacial score (nSPS) is 18.4. The maximum Gasteiger partial charge on any atom is 0.165 e. The molecule has 3 rings (SSSR count). The van der Waals surface area contributed by atoms with E-state index in [4.69, 9.17) is 4.74 Å². The van der Waals surface area contributed by atoms with E-state index in [1.165, 1.54) is 6.07 Å². The Hall–Kier alpha value is -1.95. The Bertz CT molecular complexity index is 674. The van der Waals surface area contributed by atoms with E-state index >= 15 is 0 Å². The molecule has 0 radical (unpaired) electrons. The summed E-state index contributed by atoms with van der Waals surface area (Å²) in [6.07, 6.45) is 0.659. The average Bonchev–Trinajstić information content (AvgIpc) is 2.68. The van der Waals surface area contributed by atoms with Crippen LogP contribution in [0.15, 0.2) is 54.6 Å². The second kappa shape index (κ2) is 9.12. The van der Waals surface area contributed by atoms with Crippen molar-refractivity contribution in [3.63, 3.8) is 0 Å². The van der Waals surface area contributed by atoms with Gasteiger partial charge < -0.3 is 19.8 Å². The Morgan fingerprint density at radius 3 is 2.35 bits per heavy atom. The molecule has 0 aromatic heterocycles. The topological polar surface area (TPSA) is 52.9 Å². The number of halogens is 1. The van der Waals surface area contributed by atoms with E-state index in [0.717, 1.165) is 31.5 Å². The lowest BCUT2D eigenvalue weighted by atomic mass is 9.87. The summed E-state index contributed by atoms with van der Waals surface area (Å²) in [5.41, 5.74) is 0.962. The van der Waals surface area contributed by atoms with Crippen LogP contribution in [0.1, 0.15) is 24.5 Å². The van der Waals surface area contributed by atoms with Crippen molar-refractivity contribution in [2.24, 2.45) is 5.92 Å². The van der Waals surface area contributed by atoms with Gasteiger partial charge in [0.15, 0.2) is 11.6 Å². The molecule has 1 heterocycles. The zero-order valence-corrected chi connectivity index (χ0v) is 14.8. The molecular weight excluding hydrogens is 333 g/mol. The molecule has 4 nitrogen and oxygen atoms in total. The van der Waals surface area contributed by atoms with E-state index in [1.807, 2.05) is 30.3 Å². The number of aliphatic hydroxyl groups is 2. The van der Waals surface area contributed by atoms with Crippen molar-refractivity contribution in [2.45, 2.75) is 25.0 Å². The van der Waals surface area contributed by atoms with Crippen molar-refractivity contribution < 1.29 is 19.3 Å². The number of rotatable bonds is 7. The van der Waals surface area contributed by atoms with E-state index in [2.05, 4.69) is 4.90 Å². The van der Waals surface area contributed by atoms with Gasteiger partial charge in [0.05, 0.1) is 6.10 Å². The summed E-state index contributed by atoms with van der Waals surface area (Å²) in [6.45, 7) is 2.20. The molecule has 0 amide bonds. The summed E-state index contributed by atoms with van der Waals surface area (Å²) in [6, 6.07) is 16.0. The molecule has 0 spiro atoms. The molecule has 2 unspecified atom stereocenters. The predicted molar refractivity (Wildman–Crippen MR) is 98.5 cm³/mol. The van der Waals surface area contributed by atoms with Crippen molar-refractivity contribution in [3.8, 4) is 5.75 Å². The third-order valence-corrected chi connectivity index (χ3v) is 4.96. The molecule has 2 aromatic rings. The van der Waals surface area contributed by atoms with E-state index in [1.54, 1.807) is 18.2 Å². The van der Waals surface area contributed by atoms with Crippen molar-refractivity contribution in [2.75, 3.05) is 26.2 Å². The highest BCUT2D eigenvalue weighted by Gasteiger charge is 2.27. The summed E-state index contributed by atoms with van der Waals surface area (Å²) >= 11 is 0. The molecule has 1 saturated heterocycles. The van der Waals surface area contributed by atoms with E-state index in [-0.39, 0.29) is 18.3 Å². The Morgan fingerprint density at radius 2 is 1.65 bits per heavy atom. The lowest BCUT2D eigenvalue weighted by Crippen LogP contribution is -2.41. The summed E-state index contributed by atoms with van der Waals surface area (Å²) < 4.78 is 18.9. The van der Waals surface area contributed by atoms with Gasteiger partial charge in [-0.15, -0.1) is 0 Å². The quantitative estimate of drug-likeness (QED) is 0.798. The van der Waals surface area contributed by atoms with Crippen LogP contribution in [-0.2, 0) is 0 Å². The minimum atomic E-state index is -0.676. The van der Waals surface area contributed by atoms with E-state index in [0.29, 0.717) is 6.54 Å². The van der Waals surface area contributed by atoms with Gasteiger partial charge in [0.25, 0.3) is 0 Å². The van der Waals surface area contributed by atoms with Crippen LogP contribution in [0.3, 0.4) is 0 Å².